The lowest BCUT2D eigenvalue weighted by atomic mass is 10.1. The first-order chi connectivity index (χ1) is 12.1. The van der Waals surface area contributed by atoms with Crippen molar-refractivity contribution in [2.24, 2.45) is 4.99 Å². The van der Waals surface area contributed by atoms with E-state index < -0.39 is 0 Å². The van der Waals surface area contributed by atoms with Gasteiger partial charge in [0.1, 0.15) is 5.82 Å². The van der Waals surface area contributed by atoms with E-state index in [0.29, 0.717) is 6.54 Å². The minimum Gasteiger partial charge on any atom is -0.383 e. The molecule has 0 radical (unpaired) electrons. The van der Waals surface area contributed by atoms with E-state index >= 15 is 0 Å². The Kier molecular flexibility index (Phi) is 11.3. The molecule has 0 bridgehead atoms. The van der Waals surface area contributed by atoms with Crippen LogP contribution in [0.2, 0.25) is 0 Å². The first-order valence-corrected chi connectivity index (χ1v) is 9.96. The molecule has 0 amide bonds. The summed E-state index contributed by atoms with van der Waals surface area (Å²) in [5, 5.41) is 6.59. The Balaban J connectivity index is 2.60. The van der Waals surface area contributed by atoms with Gasteiger partial charge in [-0.1, -0.05) is 6.07 Å². The Labute approximate surface area is 155 Å². The van der Waals surface area contributed by atoms with Crippen LogP contribution < -0.4 is 10.6 Å². The van der Waals surface area contributed by atoms with E-state index in [4.69, 9.17) is 4.74 Å². The normalized spacial score (nSPS) is 11.8. The molecule has 0 atom stereocenters. The maximum Gasteiger partial charge on any atom is 0.191 e. The topological polar surface area (TPSA) is 48.9 Å². The summed E-state index contributed by atoms with van der Waals surface area (Å²) in [5.41, 5.74) is 2.07. The van der Waals surface area contributed by atoms with Crippen molar-refractivity contribution in [2.75, 3.05) is 53.2 Å². The van der Waals surface area contributed by atoms with E-state index in [1.54, 1.807) is 24.9 Å². The van der Waals surface area contributed by atoms with E-state index in [-0.39, 0.29) is 5.82 Å². The SMILES string of the molecule is CCNC(=NCc1ccc(F)cc1CSC)NCCN(C)CCOC. The third-order valence-electron chi connectivity index (χ3n) is 3.68. The predicted molar refractivity (Wildman–Crippen MR) is 106 cm³/mol. The van der Waals surface area contributed by atoms with Gasteiger partial charge in [-0.05, 0) is 43.5 Å². The fourth-order valence-electron chi connectivity index (χ4n) is 2.27. The van der Waals surface area contributed by atoms with Gasteiger partial charge >= 0.3 is 0 Å². The van der Waals surface area contributed by atoms with Crippen molar-refractivity contribution in [1.82, 2.24) is 15.5 Å². The zero-order valence-electron chi connectivity index (χ0n) is 15.8. The number of nitrogens with one attached hydrogen (secondary N) is 2. The molecule has 0 spiro atoms. The van der Waals surface area contributed by atoms with Crippen molar-refractivity contribution in [2.45, 2.75) is 19.2 Å². The summed E-state index contributed by atoms with van der Waals surface area (Å²) in [5.74, 6) is 1.37. The van der Waals surface area contributed by atoms with Crippen LogP contribution in [0.3, 0.4) is 0 Å². The summed E-state index contributed by atoms with van der Waals surface area (Å²) < 4.78 is 18.5. The number of halogens is 1. The fraction of sp³-hybridized carbons (Fsp3) is 0.611. The number of hydrogen-bond donors (Lipinski definition) is 2. The molecule has 0 unspecified atom stereocenters. The van der Waals surface area contributed by atoms with Gasteiger partial charge in [0.05, 0.1) is 13.2 Å². The molecule has 2 N–H and O–H groups in total. The Morgan fingerprint density at radius 3 is 2.76 bits per heavy atom. The standard InChI is InChI=1S/C18H31FN4OS/c1-5-20-18(21-8-9-23(2)10-11-24-3)22-13-15-6-7-17(19)12-16(15)14-25-4/h6-7,12H,5,8-11,13-14H2,1-4H3,(H2,20,21,22). The second-order valence-electron chi connectivity index (χ2n) is 5.76. The number of aliphatic imine (C=N–C) groups is 1. The van der Waals surface area contributed by atoms with Gasteiger partial charge in [0.2, 0.25) is 0 Å². The highest BCUT2D eigenvalue weighted by atomic mass is 32.2. The quantitative estimate of drug-likeness (QED) is 0.462. The van der Waals surface area contributed by atoms with Gasteiger partial charge in [-0.2, -0.15) is 11.8 Å². The number of ether oxygens (including phenoxy) is 1. The third kappa shape index (κ3) is 9.09. The van der Waals surface area contributed by atoms with Crippen molar-refractivity contribution in [3.63, 3.8) is 0 Å². The summed E-state index contributed by atoms with van der Waals surface area (Å²) in [4.78, 5) is 6.84. The number of rotatable bonds is 11. The van der Waals surface area contributed by atoms with Crippen LogP contribution in [-0.2, 0) is 17.0 Å². The van der Waals surface area contributed by atoms with Crippen molar-refractivity contribution in [3.8, 4) is 0 Å². The van der Waals surface area contributed by atoms with Crippen LogP contribution in [0.1, 0.15) is 18.1 Å². The van der Waals surface area contributed by atoms with Gasteiger partial charge in [-0.25, -0.2) is 9.38 Å². The van der Waals surface area contributed by atoms with Gasteiger partial charge in [0.15, 0.2) is 5.96 Å². The van der Waals surface area contributed by atoms with Crippen LogP contribution in [0.15, 0.2) is 23.2 Å². The van der Waals surface area contributed by atoms with E-state index in [2.05, 4.69) is 27.6 Å². The number of guanidine groups is 1. The molecule has 0 saturated heterocycles. The number of hydrogen-bond acceptors (Lipinski definition) is 4. The first-order valence-electron chi connectivity index (χ1n) is 8.56. The maximum absolute atomic E-state index is 13.4. The molecule has 7 heteroatoms. The van der Waals surface area contributed by atoms with Gasteiger partial charge in [0, 0.05) is 39.0 Å². The highest BCUT2D eigenvalue weighted by Gasteiger charge is 2.05. The Morgan fingerprint density at radius 2 is 2.08 bits per heavy atom. The van der Waals surface area contributed by atoms with E-state index in [9.17, 15) is 4.39 Å². The van der Waals surface area contributed by atoms with E-state index in [0.717, 1.165) is 55.6 Å². The molecule has 142 valence electrons. The molecule has 25 heavy (non-hydrogen) atoms. The highest BCUT2D eigenvalue weighted by molar-refractivity contribution is 7.97. The van der Waals surface area contributed by atoms with Crippen molar-refractivity contribution in [1.29, 1.82) is 0 Å². The van der Waals surface area contributed by atoms with Gasteiger partial charge in [-0.3, -0.25) is 0 Å². The van der Waals surface area contributed by atoms with Crippen LogP contribution >= 0.6 is 11.8 Å². The molecule has 0 aliphatic carbocycles. The van der Waals surface area contributed by atoms with Crippen LogP contribution in [0.25, 0.3) is 0 Å². The molecule has 0 saturated carbocycles. The minimum absolute atomic E-state index is 0.194. The van der Waals surface area contributed by atoms with Crippen molar-refractivity contribution in [3.05, 3.63) is 35.1 Å². The fourth-order valence-corrected chi connectivity index (χ4v) is 2.85. The predicted octanol–water partition coefficient (Wildman–Crippen LogP) is 2.32. The lowest BCUT2D eigenvalue weighted by Crippen LogP contribution is -2.41. The van der Waals surface area contributed by atoms with Crippen LogP contribution in [0, 0.1) is 5.82 Å². The summed E-state index contributed by atoms with van der Waals surface area (Å²) in [7, 11) is 3.78. The molecule has 1 aromatic rings. The van der Waals surface area contributed by atoms with E-state index in [1.165, 1.54) is 6.07 Å². The lowest BCUT2D eigenvalue weighted by Gasteiger charge is -2.18. The maximum atomic E-state index is 13.4. The largest absolute Gasteiger partial charge is 0.383 e. The zero-order chi connectivity index (χ0) is 18.5. The second-order valence-corrected chi connectivity index (χ2v) is 6.63. The molecule has 0 heterocycles. The van der Waals surface area contributed by atoms with Crippen molar-refractivity contribution < 1.29 is 9.13 Å². The van der Waals surface area contributed by atoms with Crippen LogP contribution in [0.4, 0.5) is 4.39 Å². The molecular weight excluding hydrogens is 339 g/mol. The number of methoxy groups -OCH3 is 1. The minimum atomic E-state index is -0.194. The third-order valence-corrected chi connectivity index (χ3v) is 4.28. The van der Waals surface area contributed by atoms with Gasteiger partial charge in [-0.15, -0.1) is 0 Å². The van der Waals surface area contributed by atoms with Crippen LogP contribution in [-0.4, -0.2) is 64.1 Å². The second kappa shape index (κ2) is 13.0. The number of nitrogens with zero attached hydrogens (tertiary/aromatic N) is 2. The molecule has 0 fully saturated rings. The Bertz CT molecular complexity index is 528. The molecule has 1 rings (SSSR count). The average molecular weight is 371 g/mol. The lowest BCUT2D eigenvalue weighted by molar-refractivity contribution is 0.162. The van der Waals surface area contributed by atoms with Gasteiger partial charge < -0.3 is 20.3 Å². The van der Waals surface area contributed by atoms with Gasteiger partial charge in [0.25, 0.3) is 0 Å². The number of thioether (sulfide) groups is 1. The Morgan fingerprint density at radius 1 is 1.28 bits per heavy atom. The van der Waals surface area contributed by atoms with E-state index in [1.807, 2.05) is 19.2 Å². The molecule has 0 aromatic heterocycles. The van der Waals surface area contributed by atoms with Crippen molar-refractivity contribution >= 4 is 17.7 Å². The Hall–Kier alpha value is -1.31. The summed E-state index contributed by atoms with van der Waals surface area (Å²) in [6, 6.07) is 4.93. The summed E-state index contributed by atoms with van der Waals surface area (Å²) in [6.07, 6.45) is 2.02. The molecule has 0 aliphatic heterocycles. The van der Waals surface area contributed by atoms with Crippen LogP contribution in [0.5, 0.6) is 0 Å². The number of likely N-dealkylation sites (N-methyl/N-ethyl adjacent to an activating group) is 1. The number of benzene rings is 1. The molecule has 1 aromatic carbocycles. The molecule has 5 nitrogen and oxygen atoms in total. The molecular formula is C18H31FN4OS. The highest BCUT2D eigenvalue weighted by Crippen LogP contribution is 2.17. The monoisotopic (exact) mass is 370 g/mol. The molecule has 0 aliphatic rings. The first kappa shape index (κ1) is 21.7. The summed E-state index contributed by atoms with van der Waals surface area (Å²) in [6.45, 7) is 6.71. The smallest absolute Gasteiger partial charge is 0.191 e. The zero-order valence-corrected chi connectivity index (χ0v) is 16.6. The average Bonchev–Trinajstić information content (AvgIpc) is 2.59. The summed E-state index contributed by atoms with van der Waals surface area (Å²) >= 11 is 1.68.